The van der Waals surface area contributed by atoms with Gasteiger partial charge in [-0.2, -0.15) is 0 Å². The van der Waals surface area contributed by atoms with Crippen molar-refractivity contribution in [3.05, 3.63) is 29.6 Å². The van der Waals surface area contributed by atoms with Crippen LogP contribution in [0, 0.1) is 11.8 Å². The van der Waals surface area contributed by atoms with Crippen molar-refractivity contribution in [1.29, 1.82) is 0 Å². The highest BCUT2D eigenvalue weighted by atomic mass is 16.2. The molecule has 1 saturated carbocycles. The Kier molecular flexibility index (Phi) is 5.14. The lowest BCUT2D eigenvalue weighted by molar-refractivity contribution is 0.0687. The zero-order chi connectivity index (χ0) is 14.4. The number of rotatable bonds is 3. The SMILES string of the molecule is CCN(C(=O)c1ccc(C#CCN)cn1)C1CCCC1. The minimum atomic E-state index is 0.0257. The molecule has 4 nitrogen and oxygen atoms in total. The van der Waals surface area contributed by atoms with E-state index in [2.05, 4.69) is 16.8 Å². The molecular formula is C16H21N3O. The van der Waals surface area contributed by atoms with E-state index in [-0.39, 0.29) is 5.91 Å². The molecule has 2 N–H and O–H groups in total. The normalized spacial score (nSPS) is 14.7. The summed E-state index contributed by atoms with van der Waals surface area (Å²) < 4.78 is 0. The van der Waals surface area contributed by atoms with E-state index >= 15 is 0 Å². The molecule has 2 rings (SSSR count). The number of aromatic nitrogens is 1. The molecule has 0 radical (unpaired) electrons. The van der Waals surface area contributed by atoms with Crippen molar-refractivity contribution >= 4 is 5.91 Å². The molecule has 1 aromatic rings. The molecule has 0 aliphatic heterocycles. The highest BCUT2D eigenvalue weighted by Gasteiger charge is 2.26. The van der Waals surface area contributed by atoms with Crippen LogP contribution >= 0.6 is 0 Å². The summed E-state index contributed by atoms with van der Waals surface area (Å²) in [6.45, 7) is 3.09. The summed E-state index contributed by atoms with van der Waals surface area (Å²) in [7, 11) is 0. The first-order valence-corrected chi connectivity index (χ1v) is 7.22. The first kappa shape index (κ1) is 14.5. The molecule has 1 aliphatic carbocycles. The Labute approximate surface area is 120 Å². The van der Waals surface area contributed by atoms with Gasteiger partial charge in [-0.1, -0.05) is 24.7 Å². The van der Waals surface area contributed by atoms with Gasteiger partial charge in [-0.25, -0.2) is 4.98 Å². The van der Waals surface area contributed by atoms with Crippen molar-refractivity contribution in [2.75, 3.05) is 13.1 Å². The topological polar surface area (TPSA) is 59.2 Å². The molecule has 0 spiro atoms. The third kappa shape index (κ3) is 3.37. The second-order valence-electron chi connectivity index (χ2n) is 4.97. The van der Waals surface area contributed by atoms with Crippen molar-refractivity contribution < 1.29 is 4.79 Å². The van der Waals surface area contributed by atoms with E-state index < -0.39 is 0 Å². The van der Waals surface area contributed by atoms with Crippen LogP contribution < -0.4 is 5.73 Å². The molecule has 1 heterocycles. The van der Waals surface area contributed by atoms with Gasteiger partial charge in [0.25, 0.3) is 5.91 Å². The molecule has 0 unspecified atom stereocenters. The standard InChI is InChI=1S/C16H21N3O/c1-2-19(14-7-3-4-8-14)16(20)15-10-9-13(12-18-15)6-5-11-17/h9-10,12,14H,2-4,7-8,11,17H2,1H3. The summed E-state index contributed by atoms with van der Waals surface area (Å²) in [6, 6.07) is 3.96. The van der Waals surface area contributed by atoms with Crippen molar-refractivity contribution in [3.63, 3.8) is 0 Å². The fraction of sp³-hybridized carbons (Fsp3) is 0.500. The van der Waals surface area contributed by atoms with Gasteiger partial charge in [-0.05, 0) is 31.9 Å². The average Bonchev–Trinajstić information content (AvgIpc) is 3.00. The van der Waals surface area contributed by atoms with Crippen LogP contribution in [0.2, 0.25) is 0 Å². The van der Waals surface area contributed by atoms with Gasteiger partial charge in [0.1, 0.15) is 5.69 Å². The quantitative estimate of drug-likeness (QED) is 0.853. The van der Waals surface area contributed by atoms with Crippen LogP contribution in [0.4, 0.5) is 0 Å². The van der Waals surface area contributed by atoms with Crippen LogP contribution in [0.1, 0.15) is 48.7 Å². The molecule has 20 heavy (non-hydrogen) atoms. The Morgan fingerprint density at radius 2 is 2.20 bits per heavy atom. The molecule has 0 aromatic carbocycles. The van der Waals surface area contributed by atoms with E-state index in [4.69, 9.17) is 5.73 Å². The minimum Gasteiger partial charge on any atom is -0.335 e. The Balaban J connectivity index is 2.11. The highest BCUT2D eigenvalue weighted by Crippen LogP contribution is 2.24. The summed E-state index contributed by atoms with van der Waals surface area (Å²) in [5, 5.41) is 0. The lowest BCUT2D eigenvalue weighted by Gasteiger charge is -2.27. The number of hydrogen-bond acceptors (Lipinski definition) is 3. The van der Waals surface area contributed by atoms with Crippen LogP contribution in [0.25, 0.3) is 0 Å². The number of carbonyl (C=O) groups excluding carboxylic acids is 1. The van der Waals surface area contributed by atoms with Crippen LogP contribution in [0.15, 0.2) is 18.3 Å². The zero-order valence-corrected chi connectivity index (χ0v) is 11.9. The highest BCUT2D eigenvalue weighted by molar-refractivity contribution is 5.92. The van der Waals surface area contributed by atoms with Crippen LogP contribution in [-0.2, 0) is 0 Å². The summed E-state index contributed by atoms with van der Waals surface area (Å²) in [6.07, 6.45) is 6.29. The Morgan fingerprint density at radius 3 is 2.75 bits per heavy atom. The number of nitrogens with zero attached hydrogens (tertiary/aromatic N) is 2. The van der Waals surface area contributed by atoms with Gasteiger partial charge in [0, 0.05) is 24.3 Å². The largest absolute Gasteiger partial charge is 0.335 e. The second-order valence-corrected chi connectivity index (χ2v) is 4.97. The van der Waals surface area contributed by atoms with Crippen molar-refractivity contribution in [1.82, 2.24) is 9.88 Å². The van der Waals surface area contributed by atoms with Gasteiger partial charge in [-0.15, -0.1) is 0 Å². The fourth-order valence-corrected chi connectivity index (χ4v) is 2.68. The Hall–Kier alpha value is -1.86. The minimum absolute atomic E-state index is 0.0257. The van der Waals surface area contributed by atoms with E-state index in [9.17, 15) is 4.79 Å². The van der Waals surface area contributed by atoms with E-state index in [1.165, 1.54) is 12.8 Å². The molecule has 0 saturated heterocycles. The van der Waals surface area contributed by atoms with E-state index in [0.717, 1.165) is 24.9 Å². The third-order valence-corrected chi connectivity index (χ3v) is 3.68. The number of hydrogen-bond donors (Lipinski definition) is 1. The summed E-state index contributed by atoms with van der Waals surface area (Å²) in [4.78, 5) is 18.7. The van der Waals surface area contributed by atoms with Gasteiger partial charge in [-0.3, -0.25) is 4.79 Å². The molecule has 0 atom stereocenters. The smallest absolute Gasteiger partial charge is 0.272 e. The molecule has 1 aliphatic rings. The second kappa shape index (κ2) is 7.06. The average molecular weight is 271 g/mol. The van der Waals surface area contributed by atoms with Gasteiger partial charge in [0.2, 0.25) is 0 Å². The van der Waals surface area contributed by atoms with Crippen molar-refractivity contribution in [2.24, 2.45) is 5.73 Å². The zero-order valence-electron chi connectivity index (χ0n) is 11.9. The lowest BCUT2D eigenvalue weighted by Crippen LogP contribution is -2.39. The summed E-state index contributed by atoms with van der Waals surface area (Å²) in [5.74, 6) is 5.71. The van der Waals surface area contributed by atoms with Gasteiger partial charge < -0.3 is 10.6 Å². The predicted octanol–water partition coefficient (Wildman–Crippen LogP) is 1.80. The van der Waals surface area contributed by atoms with Crippen molar-refractivity contribution in [3.8, 4) is 11.8 Å². The van der Waals surface area contributed by atoms with E-state index in [1.807, 2.05) is 17.9 Å². The monoisotopic (exact) mass is 271 g/mol. The first-order valence-electron chi connectivity index (χ1n) is 7.22. The van der Waals surface area contributed by atoms with Gasteiger partial charge >= 0.3 is 0 Å². The number of pyridine rings is 1. The maximum atomic E-state index is 12.5. The van der Waals surface area contributed by atoms with Crippen LogP contribution in [-0.4, -0.2) is 34.9 Å². The van der Waals surface area contributed by atoms with E-state index in [0.29, 0.717) is 18.3 Å². The number of amides is 1. The number of nitrogens with two attached hydrogens (primary N) is 1. The molecular weight excluding hydrogens is 250 g/mol. The third-order valence-electron chi connectivity index (χ3n) is 3.68. The number of carbonyl (C=O) groups is 1. The fourth-order valence-electron chi connectivity index (χ4n) is 2.68. The Morgan fingerprint density at radius 1 is 1.45 bits per heavy atom. The molecule has 1 fully saturated rings. The lowest BCUT2D eigenvalue weighted by atomic mass is 10.2. The molecule has 4 heteroatoms. The first-order chi connectivity index (χ1) is 9.76. The molecule has 1 aromatic heterocycles. The predicted molar refractivity (Wildman–Crippen MR) is 79.1 cm³/mol. The van der Waals surface area contributed by atoms with E-state index in [1.54, 1.807) is 12.3 Å². The summed E-state index contributed by atoms with van der Waals surface area (Å²) >= 11 is 0. The van der Waals surface area contributed by atoms with Crippen LogP contribution in [0.5, 0.6) is 0 Å². The Bertz CT molecular complexity index is 507. The molecule has 106 valence electrons. The van der Waals surface area contributed by atoms with Gasteiger partial charge in [0.15, 0.2) is 0 Å². The maximum absolute atomic E-state index is 12.5. The maximum Gasteiger partial charge on any atom is 0.272 e. The van der Waals surface area contributed by atoms with Crippen LogP contribution in [0.3, 0.4) is 0 Å². The molecule has 1 amide bonds. The van der Waals surface area contributed by atoms with Gasteiger partial charge in [0.05, 0.1) is 6.54 Å². The molecule has 0 bridgehead atoms. The summed E-state index contributed by atoms with van der Waals surface area (Å²) in [5.41, 5.74) is 6.61. The van der Waals surface area contributed by atoms with Crippen molar-refractivity contribution in [2.45, 2.75) is 38.6 Å².